The Kier molecular flexibility index (Phi) is 7.50. The van der Waals surface area contributed by atoms with Crippen LogP contribution in [0.1, 0.15) is 57.9 Å². The Morgan fingerprint density at radius 2 is 1.88 bits per heavy atom. The number of rotatable bonds is 5. The van der Waals surface area contributed by atoms with E-state index in [1.165, 1.54) is 30.0 Å². The molecule has 4 nitrogen and oxygen atoms in total. The molecule has 1 aromatic heterocycles. The molecule has 1 aromatic carbocycles. The van der Waals surface area contributed by atoms with Crippen LogP contribution in [0.2, 0.25) is 5.02 Å². The number of thioether (sulfide) groups is 1. The Bertz CT molecular complexity index is 1360. The fourth-order valence-electron chi connectivity index (χ4n) is 8.92. The molecule has 0 bridgehead atoms. The molecular formula is C34H38ClNO3S. The second-order valence-corrected chi connectivity index (χ2v) is 14.2. The number of fused-ring (bicyclic) bond motifs is 5. The first-order valence-corrected chi connectivity index (χ1v) is 15.8. The van der Waals surface area contributed by atoms with E-state index in [4.69, 9.17) is 16.3 Å². The third kappa shape index (κ3) is 4.77. The van der Waals surface area contributed by atoms with E-state index in [1.807, 2.05) is 30.3 Å². The third-order valence-electron chi connectivity index (χ3n) is 10.9. The highest BCUT2D eigenvalue weighted by Gasteiger charge is 2.60. The number of pyridine rings is 1. The number of aromatic nitrogens is 1. The van der Waals surface area contributed by atoms with Crippen LogP contribution in [0.3, 0.4) is 0 Å². The highest BCUT2D eigenvalue weighted by atomic mass is 35.5. The zero-order chi connectivity index (χ0) is 28.1. The van der Waals surface area contributed by atoms with Crippen LogP contribution in [0.5, 0.6) is 0 Å². The maximum absolute atomic E-state index is 13.5. The molecule has 0 N–H and O–H groups in total. The Morgan fingerprint density at radius 3 is 2.60 bits per heavy atom. The first kappa shape index (κ1) is 27.8. The molecular weight excluding hydrogens is 538 g/mol. The number of methoxy groups -OCH3 is 1. The minimum atomic E-state index is -0.220. The van der Waals surface area contributed by atoms with Gasteiger partial charge in [0, 0.05) is 22.7 Å². The van der Waals surface area contributed by atoms with Gasteiger partial charge in [-0.15, -0.1) is 0 Å². The van der Waals surface area contributed by atoms with E-state index in [1.54, 1.807) is 6.20 Å². The highest BCUT2D eigenvalue weighted by Crippen LogP contribution is 2.67. The number of allylic oxidation sites excluding steroid dienone is 3. The number of carbonyl (C=O) groups is 2. The summed E-state index contributed by atoms with van der Waals surface area (Å²) in [4.78, 5) is 30.9. The van der Waals surface area contributed by atoms with Crippen LogP contribution in [0.25, 0.3) is 0 Å². The normalized spacial score (nSPS) is 34.5. The van der Waals surface area contributed by atoms with Crippen LogP contribution in [0, 0.1) is 40.4 Å². The number of hydrogen-bond donors (Lipinski definition) is 0. The average molecular weight is 576 g/mol. The van der Waals surface area contributed by atoms with Crippen LogP contribution in [-0.4, -0.2) is 23.2 Å². The van der Waals surface area contributed by atoms with Crippen LogP contribution >= 0.6 is 23.4 Å². The van der Waals surface area contributed by atoms with Crippen molar-refractivity contribution < 1.29 is 14.3 Å². The summed E-state index contributed by atoms with van der Waals surface area (Å²) < 4.78 is 5.25. The Hall–Kier alpha value is -2.37. The van der Waals surface area contributed by atoms with E-state index in [0.29, 0.717) is 17.8 Å². The fraction of sp³-hybridized carbons (Fsp3) is 0.500. The number of hydrogen-bond acceptors (Lipinski definition) is 5. The van der Waals surface area contributed by atoms with Gasteiger partial charge in [0.1, 0.15) is 5.03 Å². The Balaban J connectivity index is 1.27. The van der Waals surface area contributed by atoms with Gasteiger partial charge in [0.15, 0.2) is 5.12 Å². The van der Waals surface area contributed by atoms with Gasteiger partial charge in [-0.05, 0) is 133 Å². The number of nitrogens with zero attached hydrogens (tertiary/aromatic N) is 1. The van der Waals surface area contributed by atoms with Crippen molar-refractivity contribution in [2.75, 3.05) is 7.11 Å². The minimum absolute atomic E-state index is 0.00364. The lowest BCUT2D eigenvalue weighted by molar-refractivity contribution is -0.137. The monoisotopic (exact) mass is 575 g/mol. The second kappa shape index (κ2) is 10.8. The molecule has 6 heteroatoms. The van der Waals surface area contributed by atoms with Crippen molar-refractivity contribution in [3.8, 4) is 0 Å². The molecule has 0 saturated heterocycles. The molecule has 6 rings (SSSR count). The first-order valence-electron chi connectivity index (χ1n) is 14.6. The maximum atomic E-state index is 13.5. The van der Waals surface area contributed by atoms with Crippen molar-refractivity contribution in [3.05, 3.63) is 82.5 Å². The maximum Gasteiger partial charge on any atom is 0.334 e. The van der Waals surface area contributed by atoms with Gasteiger partial charge in [-0.2, -0.15) is 0 Å². The van der Waals surface area contributed by atoms with Crippen LogP contribution in [-0.2, 0) is 20.7 Å². The zero-order valence-corrected chi connectivity index (χ0v) is 25.1. The van der Waals surface area contributed by atoms with E-state index in [2.05, 4.69) is 43.1 Å². The molecule has 2 aromatic rings. The predicted molar refractivity (Wildman–Crippen MR) is 160 cm³/mol. The lowest BCUT2D eigenvalue weighted by Crippen LogP contribution is -2.50. The molecule has 2 saturated carbocycles. The summed E-state index contributed by atoms with van der Waals surface area (Å²) in [5.74, 6) is 1.61. The van der Waals surface area contributed by atoms with Gasteiger partial charge < -0.3 is 4.74 Å². The predicted octanol–water partition coefficient (Wildman–Crippen LogP) is 8.11. The summed E-state index contributed by atoms with van der Waals surface area (Å²) >= 11 is 7.48. The largest absolute Gasteiger partial charge is 0.466 e. The fourth-order valence-corrected chi connectivity index (χ4v) is 10.0. The van der Waals surface area contributed by atoms with Gasteiger partial charge in [0.05, 0.1) is 7.11 Å². The molecule has 4 aliphatic carbocycles. The van der Waals surface area contributed by atoms with E-state index >= 15 is 0 Å². The number of carbonyl (C=O) groups excluding carboxylic acids is 2. The van der Waals surface area contributed by atoms with Crippen LogP contribution < -0.4 is 0 Å². The van der Waals surface area contributed by atoms with Gasteiger partial charge in [0.2, 0.25) is 0 Å². The molecule has 1 heterocycles. The molecule has 0 aliphatic heterocycles. The zero-order valence-electron chi connectivity index (χ0n) is 23.6. The Labute approximate surface area is 247 Å². The SMILES string of the molecule is COC(=O)C1=CC2=CC[C@H]3[C@@H]4CC[C@H](C(=O)Sc5ccccn5)[C@@]4(C)CC[C@@H]3[C@@]2(C)C[C@H]1Cc1ccc(Cl)cc1. The molecule has 7 atom stereocenters. The number of benzene rings is 1. The lowest BCUT2D eigenvalue weighted by atomic mass is 9.47. The van der Waals surface area contributed by atoms with Gasteiger partial charge in [-0.1, -0.05) is 49.7 Å². The van der Waals surface area contributed by atoms with Crippen molar-refractivity contribution in [1.29, 1.82) is 0 Å². The van der Waals surface area contributed by atoms with Crippen LogP contribution in [0.15, 0.2) is 77.0 Å². The number of esters is 1. The van der Waals surface area contributed by atoms with E-state index in [-0.39, 0.29) is 33.8 Å². The van der Waals surface area contributed by atoms with Crippen LogP contribution in [0.4, 0.5) is 0 Å². The first-order chi connectivity index (χ1) is 19.2. The molecule has 40 heavy (non-hydrogen) atoms. The molecule has 0 amide bonds. The van der Waals surface area contributed by atoms with E-state index in [0.717, 1.165) is 60.6 Å². The smallest absolute Gasteiger partial charge is 0.334 e. The topological polar surface area (TPSA) is 56.3 Å². The van der Waals surface area contributed by atoms with Crippen molar-refractivity contribution in [2.45, 2.75) is 63.8 Å². The van der Waals surface area contributed by atoms with Gasteiger partial charge >= 0.3 is 5.97 Å². The summed E-state index contributed by atoms with van der Waals surface area (Å²) in [6, 6.07) is 13.8. The van der Waals surface area contributed by atoms with Crippen molar-refractivity contribution in [3.63, 3.8) is 0 Å². The summed E-state index contributed by atoms with van der Waals surface area (Å²) in [5.41, 5.74) is 3.32. The van der Waals surface area contributed by atoms with E-state index < -0.39 is 0 Å². The molecule has 4 aliphatic rings. The van der Waals surface area contributed by atoms with Crippen molar-refractivity contribution >= 4 is 34.4 Å². The molecule has 0 unspecified atom stereocenters. The quantitative estimate of drug-likeness (QED) is 0.266. The van der Waals surface area contributed by atoms with Crippen molar-refractivity contribution in [1.82, 2.24) is 4.98 Å². The minimum Gasteiger partial charge on any atom is -0.466 e. The number of halogens is 1. The van der Waals surface area contributed by atoms with Gasteiger partial charge in [0.25, 0.3) is 0 Å². The molecule has 0 spiro atoms. The standard InChI is InChI=1S/C34H38ClNO3S/c1-33-16-15-28-25(27(33)13-14-29(33)32(38)40-30-6-4-5-17-36-30)12-9-23-19-26(31(37)39-3)22(20-34(23,28)2)18-21-7-10-24(35)11-8-21/h4-11,17,19,22,25,27-29H,12-16,18,20H2,1-3H3/t22-,25+,27+,28+,29-,33+,34+/m1/s1. The second-order valence-electron chi connectivity index (χ2n) is 12.8. The number of ether oxygens (including phenoxy) is 1. The molecule has 210 valence electrons. The van der Waals surface area contributed by atoms with E-state index in [9.17, 15) is 9.59 Å². The average Bonchev–Trinajstić information content (AvgIpc) is 3.31. The summed E-state index contributed by atoms with van der Waals surface area (Å²) in [6.45, 7) is 4.83. The summed E-state index contributed by atoms with van der Waals surface area (Å²) in [6.07, 6.45) is 13.4. The third-order valence-corrected chi connectivity index (χ3v) is 12.1. The molecule has 0 radical (unpaired) electrons. The highest BCUT2D eigenvalue weighted by molar-refractivity contribution is 8.13. The summed E-state index contributed by atoms with van der Waals surface area (Å²) in [7, 11) is 1.48. The van der Waals surface area contributed by atoms with Gasteiger partial charge in [-0.3, -0.25) is 4.79 Å². The lowest BCUT2D eigenvalue weighted by Gasteiger charge is -2.57. The Morgan fingerprint density at radius 1 is 1.07 bits per heavy atom. The van der Waals surface area contributed by atoms with Gasteiger partial charge in [-0.25, -0.2) is 9.78 Å². The van der Waals surface area contributed by atoms with Crippen molar-refractivity contribution in [2.24, 2.45) is 40.4 Å². The summed E-state index contributed by atoms with van der Waals surface area (Å²) in [5, 5.41) is 1.81. The molecule has 2 fully saturated rings.